The molecule has 0 aromatic heterocycles. The molecule has 0 heterocycles. The third-order valence-corrected chi connectivity index (χ3v) is 7.47. The molecule has 0 aliphatic heterocycles. The molecule has 10 heteroatoms. The predicted molar refractivity (Wildman–Crippen MR) is 167 cm³/mol. The summed E-state index contributed by atoms with van der Waals surface area (Å²) in [6.45, 7) is 6.60. The van der Waals surface area contributed by atoms with Crippen LogP contribution in [0.25, 0.3) is 0 Å². The maximum atomic E-state index is 8.67. The Morgan fingerprint density at radius 2 is 0.727 bits per heavy atom. The molecule has 0 spiro atoms. The van der Waals surface area contributed by atoms with E-state index in [9.17, 15) is 0 Å². The zero-order chi connectivity index (χ0) is 31.0. The van der Waals surface area contributed by atoms with Crippen molar-refractivity contribution in [2.45, 2.75) is 37.5 Å². The van der Waals surface area contributed by atoms with Crippen molar-refractivity contribution in [3.05, 3.63) is 59.7 Å². The van der Waals surface area contributed by atoms with Crippen LogP contribution in [0.5, 0.6) is 11.5 Å². The minimum atomic E-state index is -0.00615. The number of benzene rings is 2. The van der Waals surface area contributed by atoms with Crippen LogP contribution in [-0.4, -0.2) is 116 Å². The van der Waals surface area contributed by atoms with Gasteiger partial charge in [0.2, 0.25) is 0 Å². The van der Waals surface area contributed by atoms with Crippen LogP contribution in [0.15, 0.2) is 48.5 Å². The molecule has 0 saturated heterocycles. The minimum absolute atomic E-state index is 0.00615. The quantitative estimate of drug-likeness (QED) is 0.151. The van der Waals surface area contributed by atoms with E-state index in [2.05, 4.69) is 48.5 Å². The number of hydrogen-bond donors (Lipinski definition) is 2. The maximum Gasteiger partial charge on any atom is 0.119 e. The molecule has 1 saturated carbocycles. The van der Waals surface area contributed by atoms with Gasteiger partial charge in [0.15, 0.2) is 0 Å². The SMILES string of the molecule is OCCOCCOCCOCCOc1ccc(C2(c3ccc(OCCOCCOCCOCCO)cc3)CCCCC2)cc1. The Morgan fingerprint density at radius 1 is 0.409 bits per heavy atom. The van der Waals surface area contributed by atoms with Gasteiger partial charge in [0.1, 0.15) is 24.7 Å². The smallest absolute Gasteiger partial charge is 0.119 e. The Morgan fingerprint density at radius 3 is 1.07 bits per heavy atom. The molecule has 0 unspecified atom stereocenters. The lowest BCUT2D eigenvalue weighted by Crippen LogP contribution is -2.30. The van der Waals surface area contributed by atoms with Gasteiger partial charge < -0.3 is 48.1 Å². The van der Waals surface area contributed by atoms with Gasteiger partial charge in [-0.25, -0.2) is 0 Å². The van der Waals surface area contributed by atoms with Crippen molar-refractivity contribution in [3.8, 4) is 11.5 Å². The highest BCUT2D eigenvalue weighted by Crippen LogP contribution is 2.45. The van der Waals surface area contributed by atoms with Crippen molar-refractivity contribution in [1.82, 2.24) is 0 Å². The average Bonchev–Trinajstić information content (AvgIpc) is 3.07. The molecule has 1 aliphatic rings. The van der Waals surface area contributed by atoms with E-state index in [0.717, 1.165) is 24.3 Å². The summed E-state index contributed by atoms with van der Waals surface area (Å²) >= 11 is 0. The molecule has 1 fully saturated rings. The zero-order valence-electron chi connectivity index (χ0n) is 26.1. The van der Waals surface area contributed by atoms with Crippen LogP contribution in [0.3, 0.4) is 0 Å². The first-order chi connectivity index (χ1) is 21.8. The molecular weight excluding hydrogens is 568 g/mol. The predicted octanol–water partition coefficient (Wildman–Crippen LogP) is 3.78. The molecule has 2 aromatic rings. The lowest BCUT2D eigenvalue weighted by Gasteiger charge is -2.38. The normalized spacial score (nSPS) is 14.5. The molecule has 0 radical (unpaired) electrons. The highest BCUT2D eigenvalue weighted by atomic mass is 16.6. The van der Waals surface area contributed by atoms with Gasteiger partial charge in [0.05, 0.1) is 92.5 Å². The first kappa shape index (κ1) is 36.2. The van der Waals surface area contributed by atoms with Crippen molar-refractivity contribution in [3.63, 3.8) is 0 Å². The summed E-state index contributed by atoms with van der Waals surface area (Å²) in [5.74, 6) is 1.68. The average molecular weight is 621 g/mol. The van der Waals surface area contributed by atoms with E-state index in [4.69, 9.17) is 48.1 Å². The number of rotatable bonds is 26. The van der Waals surface area contributed by atoms with E-state index in [-0.39, 0.29) is 18.6 Å². The molecule has 2 N–H and O–H groups in total. The summed E-state index contributed by atoms with van der Waals surface area (Å²) in [7, 11) is 0. The van der Waals surface area contributed by atoms with E-state index in [0.29, 0.717) is 92.5 Å². The fraction of sp³-hybridized carbons (Fsp3) is 0.647. The lowest BCUT2D eigenvalue weighted by atomic mass is 9.65. The van der Waals surface area contributed by atoms with Crippen molar-refractivity contribution in [2.75, 3.05) is 106 Å². The second-order valence-electron chi connectivity index (χ2n) is 10.5. The van der Waals surface area contributed by atoms with Crippen LogP contribution in [0, 0.1) is 0 Å². The number of ether oxygens (including phenoxy) is 8. The third kappa shape index (κ3) is 13.8. The topological polar surface area (TPSA) is 114 Å². The molecule has 0 amide bonds. The van der Waals surface area contributed by atoms with Gasteiger partial charge in [-0.1, -0.05) is 43.5 Å². The minimum Gasteiger partial charge on any atom is -0.491 e. The number of hydrogen-bond acceptors (Lipinski definition) is 10. The molecule has 248 valence electrons. The largest absolute Gasteiger partial charge is 0.491 e. The summed E-state index contributed by atoms with van der Waals surface area (Å²) in [5.41, 5.74) is 2.64. The summed E-state index contributed by atoms with van der Waals surface area (Å²) in [4.78, 5) is 0. The summed E-state index contributed by atoms with van der Waals surface area (Å²) in [6.07, 6.45) is 5.95. The summed E-state index contributed by atoms with van der Waals surface area (Å²) < 4.78 is 44.1. The van der Waals surface area contributed by atoms with Crippen LogP contribution in [0.2, 0.25) is 0 Å². The molecule has 10 nitrogen and oxygen atoms in total. The van der Waals surface area contributed by atoms with E-state index in [1.54, 1.807) is 0 Å². The van der Waals surface area contributed by atoms with Gasteiger partial charge in [-0.2, -0.15) is 0 Å². The van der Waals surface area contributed by atoms with Crippen LogP contribution in [0.1, 0.15) is 43.2 Å². The fourth-order valence-corrected chi connectivity index (χ4v) is 5.29. The van der Waals surface area contributed by atoms with E-state index >= 15 is 0 Å². The molecule has 1 aliphatic carbocycles. The maximum absolute atomic E-state index is 8.67. The lowest BCUT2D eigenvalue weighted by molar-refractivity contribution is 0.00361. The van der Waals surface area contributed by atoms with Crippen LogP contribution >= 0.6 is 0 Å². The van der Waals surface area contributed by atoms with Crippen LogP contribution < -0.4 is 9.47 Å². The van der Waals surface area contributed by atoms with Crippen molar-refractivity contribution < 1.29 is 48.1 Å². The van der Waals surface area contributed by atoms with Gasteiger partial charge >= 0.3 is 0 Å². The van der Waals surface area contributed by atoms with Gasteiger partial charge in [0.25, 0.3) is 0 Å². The van der Waals surface area contributed by atoms with Gasteiger partial charge in [0, 0.05) is 5.41 Å². The third-order valence-electron chi connectivity index (χ3n) is 7.47. The summed E-state index contributed by atoms with van der Waals surface area (Å²) in [6, 6.07) is 17.1. The molecule has 44 heavy (non-hydrogen) atoms. The van der Waals surface area contributed by atoms with Crippen LogP contribution in [-0.2, 0) is 33.8 Å². The molecule has 0 atom stereocenters. The zero-order valence-corrected chi connectivity index (χ0v) is 26.1. The molecule has 2 aromatic carbocycles. The van der Waals surface area contributed by atoms with Crippen LogP contribution in [0.4, 0.5) is 0 Å². The monoisotopic (exact) mass is 620 g/mol. The first-order valence-corrected chi connectivity index (χ1v) is 15.9. The van der Waals surface area contributed by atoms with Gasteiger partial charge in [-0.05, 0) is 48.2 Å². The van der Waals surface area contributed by atoms with Crippen molar-refractivity contribution in [1.29, 1.82) is 0 Å². The fourth-order valence-electron chi connectivity index (χ4n) is 5.29. The Bertz CT molecular complexity index is 876. The van der Waals surface area contributed by atoms with Crippen molar-refractivity contribution in [2.24, 2.45) is 0 Å². The Labute approximate surface area is 262 Å². The second-order valence-corrected chi connectivity index (χ2v) is 10.5. The van der Waals surface area contributed by atoms with E-state index in [1.165, 1.54) is 30.4 Å². The van der Waals surface area contributed by atoms with E-state index < -0.39 is 0 Å². The standard InChI is InChI=1S/C34H52O10/c35-14-16-37-18-20-39-22-24-41-26-28-43-32-8-4-30(5-9-32)34(12-2-1-3-13-34)31-6-10-33(11-7-31)44-29-27-42-25-23-40-21-19-38-17-15-36/h4-11,35-36H,1-3,12-29H2. The Kier molecular flexibility index (Phi) is 19.0. The molecular formula is C34H52O10. The number of aliphatic hydroxyl groups excluding tert-OH is 2. The Hall–Kier alpha value is -2.28. The van der Waals surface area contributed by atoms with Crippen molar-refractivity contribution >= 4 is 0 Å². The number of aliphatic hydroxyl groups is 2. The molecule has 0 bridgehead atoms. The second kappa shape index (κ2) is 23.1. The highest BCUT2D eigenvalue weighted by Gasteiger charge is 2.35. The van der Waals surface area contributed by atoms with Gasteiger partial charge in [-0.15, -0.1) is 0 Å². The van der Waals surface area contributed by atoms with E-state index in [1.807, 2.05) is 0 Å². The Balaban J connectivity index is 1.36. The molecule has 3 rings (SSSR count). The first-order valence-electron chi connectivity index (χ1n) is 15.9. The highest BCUT2D eigenvalue weighted by molar-refractivity contribution is 5.43. The van der Waals surface area contributed by atoms with Gasteiger partial charge in [-0.3, -0.25) is 0 Å². The summed E-state index contributed by atoms with van der Waals surface area (Å²) in [5, 5.41) is 17.3.